The third-order valence-electron chi connectivity index (χ3n) is 2.17. The first-order chi connectivity index (χ1) is 6.91. The highest BCUT2D eigenvalue weighted by molar-refractivity contribution is 5.78. The fourth-order valence-electron chi connectivity index (χ4n) is 1.27. The van der Waals surface area contributed by atoms with E-state index >= 15 is 0 Å². The molecule has 1 rings (SSSR count). The SMILES string of the molecule is Cc1nc(C)c(CC(=O)N(C)C)c(=O)[nH]1. The van der Waals surface area contributed by atoms with Crippen molar-refractivity contribution in [1.29, 1.82) is 0 Å². The number of aryl methyl sites for hydroxylation is 2. The van der Waals surface area contributed by atoms with Gasteiger partial charge in [0.2, 0.25) is 5.91 Å². The van der Waals surface area contributed by atoms with Crippen molar-refractivity contribution in [1.82, 2.24) is 14.9 Å². The Bertz CT molecular complexity index is 435. The van der Waals surface area contributed by atoms with Crippen LogP contribution in [0.25, 0.3) is 0 Å². The zero-order valence-corrected chi connectivity index (χ0v) is 9.42. The van der Waals surface area contributed by atoms with Crippen LogP contribution in [0.5, 0.6) is 0 Å². The number of aromatic amines is 1. The molecular weight excluding hydrogens is 194 g/mol. The number of carbonyl (C=O) groups excluding carboxylic acids is 1. The maximum absolute atomic E-state index is 11.6. The smallest absolute Gasteiger partial charge is 0.254 e. The minimum atomic E-state index is -0.227. The number of H-pyrrole nitrogens is 1. The van der Waals surface area contributed by atoms with E-state index < -0.39 is 0 Å². The van der Waals surface area contributed by atoms with E-state index in [2.05, 4.69) is 9.97 Å². The van der Waals surface area contributed by atoms with Crippen LogP contribution in [0.3, 0.4) is 0 Å². The number of rotatable bonds is 2. The lowest BCUT2D eigenvalue weighted by Gasteiger charge is -2.10. The number of aromatic nitrogens is 2. The normalized spacial score (nSPS) is 10.1. The number of nitrogens with zero attached hydrogens (tertiary/aromatic N) is 2. The highest BCUT2D eigenvalue weighted by atomic mass is 16.2. The van der Waals surface area contributed by atoms with Gasteiger partial charge in [-0.2, -0.15) is 0 Å². The summed E-state index contributed by atoms with van der Waals surface area (Å²) in [6, 6.07) is 0. The molecule has 1 aromatic heterocycles. The molecule has 0 radical (unpaired) electrons. The lowest BCUT2D eigenvalue weighted by atomic mass is 10.1. The van der Waals surface area contributed by atoms with E-state index in [-0.39, 0.29) is 17.9 Å². The van der Waals surface area contributed by atoms with Crippen LogP contribution in [0, 0.1) is 13.8 Å². The number of hydrogen-bond acceptors (Lipinski definition) is 3. The Balaban J connectivity index is 3.06. The van der Waals surface area contributed by atoms with Crippen LogP contribution in [0.4, 0.5) is 0 Å². The average molecular weight is 209 g/mol. The second-order valence-electron chi connectivity index (χ2n) is 3.68. The summed E-state index contributed by atoms with van der Waals surface area (Å²) in [5.74, 6) is 0.466. The van der Waals surface area contributed by atoms with Crippen LogP contribution in [0.15, 0.2) is 4.79 Å². The summed E-state index contributed by atoms with van der Waals surface area (Å²) in [4.78, 5) is 31.2. The topological polar surface area (TPSA) is 66.1 Å². The lowest BCUT2D eigenvalue weighted by Crippen LogP contribution is -2.28. The molecule has 1 amide bonds. The molecule has 1 aromatic rings. The summed E-state index contributed by atoms with van der Waals surface area (Å²) < 4.78 is 0. The summed E-state index contributed by atoms with van der Waals surface area (Å²) in [7, 11) is 3.32. The zero-order valence-electron chi connectivity index (χ0n) is 9.42. The first-order valence-electron chi connectivity index (χ1n) is 4.68. The average Bonchev–Trinajstić information content (AvgIpc) is 2.10. The molecule has 0 spiro atoms. The molecule has 0 aliphatic carbocycles. The Labute approximate surface area is 88.1 Å². The highest BCUT2D eigenvalue weighted by Crippen LogP contribution is 2.01. The van der Waals surface area contributed by atoms with Crippen LogP contribution in [-0.4, -0.2) is 34.9 Å². The number of likely N-dealkylation sites (N-methyl/N-ethyl adjacent to an activating group) is 1. The van der Waals surface area contributed by atoms with Gasteiger partial charge in [-0.05, 0) is 13.8 Å². The van der Waals surface area contributed by atoms with Crippen molar-refractivity contribution in [2.75, 3.05) is 14.1 Å². The summed E-state index contributed by atoms with van der Waals surface area (Å²) in [6.45, 7) is 3.45. The molecular formula is C10H15N3O2. The summed E-state index contributed by atoms with van der Waals surface area (Å²) in [5, 5.41) is 0. The van der Waals surface area contributed by atoms with Gasteiger partial charge in [-0.3, -0.25) is 9.59 Å². The Hall–Kier alpha value is -1.65. The predicted molar refractivity (Wildman–Crippen MR) is 56.7 cm³/mol. The van der Waals surface area contributed by atoms with E-state index in [4.69, 9.17) is 0 Å². The fourth-order valence-corrected chi connectivity index (χ4v) is 1.27. The van der Waals surface area contributed by atoms with E-state index in [0.29, 0.717) is 17.1 Å². The van der Waals surface area contributed by atoms with Gasteiger partial charge in [0.05, 0.1) is 6.42 Å². The molecule has 1 N–H and O–H groups in total. The number of amides is 1. The molecule has 0 unspecified atom stereocenters. The van der Waals surface area contributed by atoms with Crippen LogP contribution in [0.1, 0.15) is 17.1 Å². The molecule has 1 heterocycles. The van der Waals surface area contributed by atoms with Gasteiger partial charge in [0, 0.05) is 25.4 Å². The third kappa shape index (κ3) is 2.65. The standard InChI is InChI=1S/C10H15N3O2/c1-6-8(5-9(14)13(3)4)10(15)12-7(2)11-6/h5H2,1-4H3,(H,11,12,15). The summed E-state index contributed by atoms with van der Waals surface area (Å²) in [5.41, 5.74) is 0.834. The van der Waals surface area contributed by atoms with E-state index in [1.807, 2.05) is 0 Å². The minimum Gasteiger partial charge on any atom is -0.349 e. The maximum Gasteiger partial charge on any atom is 0.254 e. The zero-order chi connectivity index (χ0) is 11.6. The Morgan fingerprint density at radius 1 is 1.40 bits per heavy atom. The molecule has 0 aromatic carbocycles. The van der Waals surface area contributed by atoms with Gasteiger partial charge in [0.1, 0.15) is 5.82 Å². The predicted octanol–water partition coefficient (Wildman–Crippen LogP) is 0.0174. The molecule has 15 heavy (non-hydrogen) atoms. The van der Waals surface area contributed by atoms with Crippen molar-refractivity contribution in [3.8, 4) is 0 Å². The number of carbonyl (C=O) groups is 1. The van der Waals surface area contributed by atoms with Crippen molar-refractivity contribution in [2.24, 2.45) is 0 Å². The molecule has 5 heteroatoms. The Morgan fingerprint density at radius 2 is 2.00 bits per heavy atom. The van der Waals surface area contributed by atoms with Crippen LogP contribution in [0.2, 0.25) is 0 Å². The van der Waals surface area contributed by atoms with Gasteiger partial charge < -0.3 is 9.88 Å². The van der Waals surface area contributed by atoms with Gasteiger partial charge in [0.25, 0.3) is 5.56 Å². The van der Waals surface area contributed by atoms with Crippen LogP contribution < -0.4 is 5.56 Å². The van der Waals surface area contributed by atoms with Gasteiger partial charge in [-0.1, -0.05) is 0 Å². The second-order valence-corrected chi connectivity index (χ2v) is 3.68. The molecule has 5 nitrogen and oxygen atoms in total. The van der Waals surface area contributed by atoms with E-state index in [1.165, 1.54) is 4.90 Å². The van der Waals surface area contributed by atoms with Gasteiger partial charge in [0.15, 0.2) is 0 Å². The number of nitrogens with one attached hydrogen (secondary N) is 1. The van der Waals surface area contributed by atoms with Gasteiger partial charge in [-0.15, -0.1) is 0 Å². The Kier molecular flexibility index (Phi) is 3.24. The number of hydrogen-bond donors (Lipinski definition) is 1. The molecule has 0 fully saturated rings. The Morgan fingerprint density at radius 3 is 2.47 bits per heavy atom. The quantitative estimate of drug-likeness (QED) is 0.746. The summed E-state index contributed by atoms with van der Waals surface area (Å²) in [6.07, 6.45) is 0.0987. The van der Waals surface area contributed by atoms with Gasteiger partial charge in [-0.25, -0.2) is 4.98 Å². The van der Waals surface area contributed by atoms with Gasteiger partial charge >= 0.3 is 0 Å². The first kappa shape index (κ1) is 11.4. The van der Waals surface area contributed by atoms with Crippen LogP contribution >= 0.6 is 0 Å². The third-order valence-corrected chi connectivity index (χ3v) is 2.17. The molecule has 0 saturated heterocycles. The molecule has 0 bridgehead atoms. The van der Waals surface area contributed by atoms with Crippen molar-refractivity contribution in [2.45, 2.75) is 20.3 Å². The monoisotopic (exact) mass is 209 g/mol. The molecule has 82 valence electrons. The minimum absolute atomic E-state index is 0.0987. The molecule has 0 aliphatic rings. The fraction of sp³-hybridized carbons (Fsp3) is 0.500. The van der Waals surface area contributed by atoms with Crippen molar-refractivity contribution < 1.29 is 4.79 Å². The largest absolute Gasteiger partial charge is 0.349 e. The molecule has 0 atom stereocenters. The van der Waals surface area contributed by atoms with Crippen LogP contribution in [-0.2, 0) is 11.2 Å². The maximum atomic E-state index is 11.6. The highest BCUT2D eigenvalue weighted by Gasteiger charge is 2.12. The van der Waals surface area contributed by atoms with Crippen molar-refractivity contribution in [3.63, 3.8) is 0 Å². The van der Waals surface area contributed by atoms with Crippen molar-refractivity contribution >= 4 is 5.91 Å². The van der Waals surface area contributed by atoms with E-state index in [1.54, 1.807) is 27.9 Å². The molecule has 0 saturated carbocycles. The summed E-state index contributed by atoms with van der Waals surface area (Å²) >= 11 is 0. The second kappa shape index (κ2) is 4.25. The van der Waals surface area contributed by atoms with E-state index in [9.17, 15) is 9.59 Å². The van der Waals surface area contributed by atoms with E-state index in [0.717, 1.165) is 0 Å². The molecule has 0 aliphatic heterocycles. The lowest BCUT2D eigenvalue weighted by molar-refractivity contribution is -0.128. The first-order valence-corrected chi connectivity index (χ1v) is 4.68. The van der Waals surface area contributed by atoms with Crippen molar-refractivity contribution in [3.05, 3.63) is 27.4 Å².